The van der Waals surface area contributed by atoms with Crippen LogP contribution >= 0.6 is 0 Å². The molecule has 2 atom stereocenters. The van der Waals surface area contributed by atoms with Crippen LogP contribution in [-0.2, 0) is 40.8 Å². The van der Waals surface area contributed by atoms with Crippen LogP contribution < -0.4 is 26.8 Å². The van der Waals surface area contributed by atoms with E-state index in [9.17, 15) is 33.9 Å². The Balaban J connectivity index is 1.25. The summed E-state index contributed by atoms with van der Waals surface area (Å²) in [5, 5.41) is 31.6. The Bertz CT molecular complexity index is 2460. The average molecular weight is 743 g/mol. The Hall–Kier alpha value is -7.22. The highest BCUT2D eigenvalue weighted by atomic mass is 16.4. The first-order valence-electron chi connectivity index (χ1n) is 17.4. The highest BCUT2D eigenvalue weighted by Crippen LogP contribution is 2.27. The molecule has 280 valence electrons. The van der Waals surface area contributed by atoms with Gasteiger partial charge >= 0.3 is 5.97 Å². The van der Waals surface area contributed by atoms with Crippen molar-refractivity contribution in [2.24, 2.45) is 7.05 Å². The van der Waals surface area contributed by atoms with Crippen LogP contribution in [0.15, 0.2) is 114 Å². The average Bonchev–Trinajstić information content (AvgIpc) is 3.61. The summed E-state index contributed by atoms with van der Waals surface area (Å²) in [6.45, 7) is -0.822. The van der Waals surface area contributed by atoms with E-state index in [1.165, 1.54) is 13.1 Å². The van der Waals surface area contributed by atoms with Gasteiger partial charge in [-0.3, -0.25) is 28.8 Å². The normalized spacial score (nSPS) is 12.1. The van der Waals surface area contributed by atoms with Gasteiger partial charge in [-0.15, -0.1) is 0 Å². The smallest absolute Gasteiger partial charge is 0.322 e. The molecule has 0 aliphatic carbocycles. The molecule has 7 N–H and O–H groups in total. The van der Waals surface area contributed by atoms with Gasteiger partial charge in [0.1, 0.15) is 29.9 Å². The Morgan fingerprint density at radius 1 is 0.727 bits per heavy atom. The maximum Gasteiger partial charge on any atom is 0.322 e. The van der Waals surface area contributed by atoms with E-state index in [1.54, 1.807) is 48.7 Å². The van der Waals surface area contributed by atoms with Crippen molar-refractivity contribution < 1.29 is 34.2 Å². The number of nitrogens with zero attached hydrogens (tertiary/aromatic N) is 1. The number of carboxylic acids is 1. The number of benzene rings is 4. The second-order valence-electron chi connectivity index (χ2n) is 12.9. The van der Waals surface area contributed by atoms with Crippen molar-refractivity contribution >= 4 is 51.4 Å². The zero-order valence-electron chi connectivity index (χ0n) is 29.7. The summed E-state index contributed by atoms with van der Waals surface area (Å²) < 4.78 is 1.15. The summed E-state index contributed by atoms with van der Waals surface area (Å²) in [5.41, 5.74) is 2.15. The van der Waals surface area contributed by atoms with Crippen molar-refractivity contribution in [1.29, 1.82) is 0 Å². The molecule has 0 saturated heterocycles. The molecule has 2 aromatic heterocycles. The van der Waals surface area contributed by atoms with Crippen molar-refractivity contribution in [3.63, 3.8) is 0 Å². The molecule has 14 heteroatoms. The molecule has 2 heterocycles. The van der Waals surface area contributed by atoms with Gasteiger partial charge in [0, 0.05) is 54.5 Å². The molecule has 55 heavy (non-hydrogen) atoms. The van der Waals surface area contributed by atoms with Gasteiger partial charge in [-0.2, -0.15) is 0 Å². The first kappa shape index (κ1) is 37.5. The molecular weight excluding hydrogens is 704 g/mol. The molecular formula is C41H38N6O8. The van der Waals surface area contributed by atoms with E-state index >= 15 is 0 Å². The molecule has 6 rings (SSSR count). The fourth-order valence-corrected chi connectivity index (χ4v) is 6.34. The third-order valence-electron chi connectivity index (χ3n) is 9.20. The number of aryl methyl sites for hydroxylation is 1. The summed E-state index contributed by atoms with van der Waals surface area (Å²) in [4.78, 5) is 81.1. The fourth-order valence-electron chi connectivity index (χ4n) is 6.34. The Morgan fingerprint density at radius 3 is 2.13 bits per heavy atom. The topological polar surface area (TPSA) is 212 Å². The van der Waals surface area contributed by atoms with Crippen LogP contribution in [0.2, 0.25) is 0 Å². The lowest BCUT2D eigenvalue weighted by molar-refractivity contribution is -0.135. The van der Waals surface area contributed by atoms with Crippen molar-refractivity contribution in [2.45, 2.75) is 31.5 Å². The molecule has 4 aromatic carbocycles. The van der Waals surface area contributed by atoms with Gasteiger partial charge in [0.25, 0.3) is 17.4 Å². The number of carbonyl (C=O) groups is 5. The van der Waals surface area contributed by atoms with E-state index in [0.29, 0.717) is 16.6 Å². The largest absolute Gasteiger partial charge is 0.506 e. The molecule has 0 aliphatic rings. The van der Waals surface area contributed by atoms with Crippen LogP contribution in [0, 0.1) is 0 Å². The van der Waals surface area contributed by atoms with Gasteiger partial charge in [-0.25, -0.2) is 0 Å². The van der Waals surface area contributed by atoms with Gasteiger partial charge in [-0.05, 0) is 47.0 Å². The monoisotopic (exact) mass is 742 g/mol. The minimum Gasteiger partial charge on any atom is -0.506 e. The van der Waals surface area contributed by atoms with Gasteiger partial charge in [0.05, 0.1) is 5.52 Å². The van der Waals surface area contributed by atoms with Gasteiger partial charge < -0.3 is 41.0 Å². The molecule has 0 bridgehead atoms. The zero-order valence-corrected chi connectivity index (χ0v) is 29.7. The second kappa shape index (κ2) is 16.6. The van der Waals surface area contributed by atoms with Crippen molar-refractivity contribution in [2.75, 3.05) is 6.54 Å². The van der Waals surface area contributed by atoms with E-state index in [1.807, 2.05) is 54.6 Å². The van der Waals surface area contributed by atoms with E-state index in [4.69, 9.17) is 5.11 Å². The summed E-state index contributed by atoms with van der Waals surface area (Å²) in [6.07, 6.45) is 2.05. The summed E-state index contributed by atoms with van der Waals surface area (Å²) in [5.74, 6) is -4.58. The number of H-pyrrole nitrogens is 1. The number of hydrogen-bond donors (Lipinski definition) is 7. The Labute approximate surface area is 314 Å². The minimum absolute atomic E-state index is 0.0672. The van der Waals surface area contributed by atoms with Gasteiger partial charge in [0.2, 0.25) is 11.8 Å². The predicted molar refractivity (Wildman–Crippen MR) is 204 cm³/mol. The molecule has 0 saturated carbocycles. The van der Waals surface area contributed by atoms with Crippen molar-refractivity contribution in [3.05, 3.63) is 147 Å². The predicted octanol–water partition coefficient (Wildman–Crippen LogP) is 2.92. The summed E-state index contributed by atoms with van der Waals surface area (Å²) in [7, 11) is 1.41. The second-order valence-corrected chi connectivity index (χ2v) is 12.9. The van der Waals surface area contributed by atoms with Crippen LogP contribution in [-0.4, -0.2) is 68.0 Å². The third-order valence-corrected chi connectivity index (χ3v) is 9.20. The molecule has 0 radical (unpaired) electrons. The standard InChI is InChI=1S/C41H38N6O8/c1-47-33-17-16-25(18-29(33)36(50)35(41(47)55)40(54)44-23-34(48)49)21-43-38(52)31(19-24-10-4-2-5-11-24)46-39(53)32(45-37(51)26-12-6-3-7-13-26)20-27-22-42-30-15-9-8-14-28(27)30/h2-18,22,31-32,42,50H,19-21,23H2,1H3,(H,43,52)(H,44,54)(H,45,51)(H,46,53)(H,48,49)/t31-,32+/m1/s1. The van der Waals surface area contributed by atoms with E-state index in [2.05, 4.69) is 26.3 Å². The number of hydrogen-bond acceptors (Lipinski definition) is 7. The molecule has 14 nitrogen and oxygen atoms in total. The van der Waals surface area contributed by atoms with Crippen LogP contribution in [0.5, 0.6) is 5.75 Å². The molecule has 0 fully saturated rings. The number of aromatic nitrogens is 2. The number of carboxylic acid groups (broad SMARTS) is 1. The molecule has 0 spiro atoms. The number of amides is 4. The molecule has 0 unspecified atom stereocenters. The number of fused-ring (bicyclic) bond motifs is 2. The van der Waals surface area contributed by atoms with E-state index < -0.39 is 65.1 Å². The molecule has 4 amide bonds. The van der Waals surface area contributed by atoms with Gasteiger partial charge in [-0.1, -0.05) is 72.8 Å². The lowest BCUT2D eigenvalue weighted by Crippen LogP contribution is -2.55. The summed E-state index contributed by atoms with van der Waals surface area (Å²) >= 11 is 0. The third kappa shape index (κ3) is 8.71. The number of rotatable bonds is 14. The molecule has 6 aromatic rings. The highest BCUT2D eigenvalue weighted by Gasteiger charge is 2.29. The lowest BCUT2D eigenvalue weighted by atomic mass is 10.0. The number of para-hydroxylation sites is 1. The zero-order chi connectivity index (χ0) is 39.1. The van der Waals surface area contributed by atoms with E-state index in [-0.39, 0.29) is 24.8 Å². The van der Waals surface area contributed by atoms with Crippen molar-refractivity contribution in [3.8, 4) is 5.75 Å². The fraction of sp³-hybridized carbons (Fsp3) is 0.171. The first-order chi connectivity index (χ1) is 26.5. The number of aromatic hydroxyl groups is 1. The Kier molecular flexibility index (Phi) is 11.3. The van der Waals surface area contributed by atoms with Crippen LogP contribution in [0.25, 0.3) is 21.8 Å². The number of aromatic amines is 1. The highest BCUT2D eigenvalue weighted by molar-refractivity contribution is 6.03. The van der Waals surface area contributed by atoms with Crippen LogP contribution in [0.4, 0.5) is 0 Å². The first-order valence-corrected chi connectivity index (χ1v) is 17.4. The molecule has 0 aliphatic heterocycles. The maximum atomic E-state index is 14.1. The van der Waals surface area contributed by atoms with Gasteiger partial charge in [0.15, 0.2) is 0 Å². The minimum atomic E-state index is -1.33. The lowest BCUT2D eigenvalue weighted by Gasteiger charge is -2.23. The van der Waals surface area contributed by atoms with Crippen LogP contribution in [0.1, 0.15) is 37.4 Å². The summed E-state index contributed by atoms with van der Waals surface area (Å²) in [6, 6.07) is 27.8. The quantitative estimate of drug-likeness (QED) is 0.0880. The number of aliphatic carboxylic acids is 1. The van der Waals surface area contributed by atoms with E-state index in [0.717, 1.165) is 26.6 Å². The SMILES string of the molecule is Cn1c(=O)c(C(=O)NCC(=O)O)c(O)c2cc(CNC(=O)[C@@H](Cc3ccccc3)NC(=O)[C@H](Cc3c[nH]c4ccccc34)NC(=O)c3ccccc3)ccc21. The Morgan fingerprint density at radius 2 is 1.40 bits per heavy atom. The number of carbonyl (C=O) groups excluding carboxylic acids is 4. The number of pyridine rings is 1. The maximum absolute atomic E-state index is 14.1. The van der Waals surface area contributed by atoms with Crippen molar-refractivity contribution in [1.82, 2.24) is 30.8 Å². The van der Waals surface area contributed by atoms with Crippen LogP contribution in [0.3, 0.4) is 0 Å². The number of nitrogens with one attached hydrogen (secondary N) is 5.